The summed E-state index contributed by atoms with van der Waals surface area (Å²) in [6.45, 7) is 8.91. The third-order valence-electron chi connectivity index (χ3n) is 3.23. The Morgan fingerprint density at radius 3 is 2.27 bits per heavy atom. The van der Waals surface area contributed by atoms with Crippen molar-refractivity contribution in [2.45, 2.75) is 59.1 Å². The summed E-state index contributed by atoms with van der Waals surface area (Å²) in [7, 11) is 0. The van der Waals surface area contributed by atoms with Crippen molar-refractivity contribution in [3.05, 3.63) is 29.8 Å². The van der Waals surface area contributed by atoms with E-state index in [2.05, 4.69) is 10.6 Å². The van der Waals surface area contributed by atoms with Gasteiger partial charge in [0.05, 0.1) is 5.56 Å². The summed E-state index contributed by atoms with van der Waals surface area (Å²) >= 11 is 0. The lowest BCUT2D eigenvalue weighted by Gasteiger charge is -2.19. The van der Waals surface area contributed by atoms with Gasteiger partial charge < -0.3 is 14.8 Å². The molecule has 0 fully saturated rings. The molecule has 0 aliphatic carbocycles. The van der Waals surface area contributed by atoms with Gasteiger partial charge in [0.25, 0.3) is 5.91 Å². The maximum absolute atomic E-state index is 12.0. The van der Waals surface area contributed by atoms with Crippen LogP contribution in [-0.4, -0.2) is 36.2 Å². The van der Waals surface area contributed by atoms with E-state index in [-0.39, 0.29) is 24.1 Å². The number of ether oxygens (including phenoxy) is 2. The predicted molar refractivity (Wildman–Crippen MR) is 99.1 cm³/mol. The number of anilines is 1. The molecule has 0 heterocycles. The molecule has 26 heavy (non-hydrogen) atoms. The number of rotatable bonds is 7. The standard InChI is InChI=1S/C19H28N2O5/c1-6-7-13(2)20-16(22)12-25-17(23)14-8-10-15(11-9-14)21-18(24)26-19(3,4)5/h8-11,13H,6-7,12H2,1-5H3,(H,20,22)(H,21,24)/t13-/m1/s1. The number of carbonyl (C=O) groups excluding carboxylic acids is 3. The van der Waals surface area contributed by atoms with Gasteiger partial charge in [-0.25, -0.2) is 9.59 Å². The van der Waals surface area contributed by atoms with Crippen molar-refractivity contribution in [1.82, 2.24) is 5.32 Å². The largest absolute Gasteiger partial charge is 0.452 e. The monoisotopic (exact) mass is 364 g/mol. The minimum Gasteiger partial charge on any atom is -0.452 e. The molecule has 0 aliphatic heterocycles. The first kappa shape index (κ1) is 21.5. The van der Waals surface area contributed by atoms with Gasteiger partial charge in [0.2, 0.25) is 0 Å². The molecule has 7 nitrogen and oxygen atoms in total. The summed E-state index contributed by atoms with van der Waals surface area (Å²) in [5.74, 6) is -0.936. The van der Waals surface area contributed by atoms with Gasteiger partial charge in [-0.3, -0.25) is 10.1 Å². The Bertz CT molecular complexity index is 620. The first-order valence-electron chi connectivity index (χ1n) is 8.67. The fourth-order valence-corrected chi connectivity index (χ4v) is 2.15. The smallest absolute Gasteiger partial charge is 0.412 e. The average molecular weight is 364 g/mol. The Labute approximate surface area is 154 Å². The fraction of sp³-hybridized carbons (Fsp3) is 0.526. The van der Waals surface area contributed by atoms with E-state index < -0.39 is 17.7 Å². The molecule has 0 radical (unpaired) electrons. The average Bonchev–Trinajstić information content (AvgIpc) is 2.51. The van der Waals surface area contributed by atoms with Crippen LogP contribution in [0, 0.1) is 0 Å². The highest BCUT2D eigenvalue weighted by molar-refractivity contribution is 5.92. The zero-order chi connectivity index (χ0) is 19.7. The summed E-state index contributed by atoms with van der Waals surface area (Å²) in [4.78, 5) is 35.4. The summed E-state index contributed by atoms with van der Waals surface area (Å²) in [5, 5.41) is 5.33. The molecule has 1 rings (SSSR count). The lowest BCUT2D eigenvalue weighted by atomic mass is 10.2. The van der Waals surface area contributed by atoms with E-state index in [9.17, 15) is 14.4 Å². The summed E-state index contributed by atoms with van der Waals surface area (Å²) in [6, 6.07) is 6.18. The molecule has 1 aromatic carbocycles. The van der Waals surface area contributed by atoms with E-state index >= 15 is 0 Å². The number of amides is 2. The molecule has 0 unspecified atom stereocenters. The molecule has 0 aromatic heterocycles. The Hall–Kier alpha value is -2.57. The molecule has 0 spiro atoms. The van der Waals surface area contributed by atoms with Gasteiger partial charge in [-0.15, -0.1) is 0 Å². The van der Waals surface area contributed by atoms with Crippen molar-refractivity contribution < 1.29 is 23.9 Å². The van der Waals surface area contributed by atoms with Crippen LogP contribution < -0.4 is 10.6 Å². The van der Waals surface area contributed by atoms with E-state index in [1.54, 1.807) is 32.9 Å². The topological polar surface area (TPSA) is 93.7 Å². The highest BCUT2D eigenvalue weighted by atomic mass is 16.6. The molecule has 1 atom stereocenters. The van der Waals surface area contributed by atoms with Crippen LogP contribution in [0.25, 0.3) is 0 Å². The highest BCUT2D eigenvalue weighted by Crippen LogP contribution is 2.13. The molecule has 0 saturated heterocycles. The van der Waals surface area contributed by atoms with Crippen molar-refractivity contribution in [3.63, 3.8) is 0 Å². The van der Waals surface area contributed by atoms with Gasteiger partial charge in [-0.05, 0) is 58.4 Å². The zero-order valence-electron chi connectivity index (χ0n) is 16.0. The van der Waals surface area contributed by atoms with Crippen LogP contribution >= 0.6 is 0 Å². The van der Waals surface area contributed by atoms with Crippen LogP contribution in [0.15, 0.2) is 24.3 Å². The van der Waals surface area contributed by atoms with Gasteiger partial charge >= 0.3 is 12.1 Å². The highest BCUT2D eigenvalue weighted by Gasteiger charge is 2.16. The molecule has 0 bridgehead atoms. The van der Waals surface area contributed by atoms with E-state index in [0.717, 1.165) is 12.8 Å². The SMILES string of the molecule is CCC[C@@H](C)NC(=O)COC(=O)c1ccc(NC(=O)OC(C)(C)C)cc1. The maximum atomic E-state index is 12.0. The third kappa shape index (κ3) is 8.50. The first-order chi connectivity index (χ1) is 12.1. The quantitative estimate of drug-likeness (QED) is 0.722. The third-order valence-corrected chi connectivity index (χ3v) is 3.23. The van der Waals surface area contributed by atoms with Crippen LogP contribution in [0.3, 0.4) is 0 Å². The van der Waals surface area contributed by atoms with Crippen LogP contribution in [0.5, 0.6) is 0 Å². The molecule has 144 valence electrons. The Morgan fingerprint density at radius 1 is 1.12 bits per heavy atom. The van der Waals surface area contributed by atoms with Gasteiger partial charge in [0.1, 0.15) is 5.60 Å². The van der Waals surface area contributed by atoms with Gasteiger partial charge in [-0.1, -0.05) is 13.3 Å². The van der Waals surface area contributed by atoms with Gasteiger partial charge in [0.15, 0.2) is 6.61 Å². The predicted octanol–water partition coefficient (Wildman–Crippen LogP) is 3.50. The van der Waals surface area contributed by atoms with Crippen molar-refractivity contribution in [3.8, 4) is 0 Å². The summed E-state index contributed by atoms with van der Waals surface area (Å²) < 4.78 is 10.1. The molecule has 7 heteroatoms. The van der Waals surface area contributed by atoms with Crippen molar-refractivity contribution in [2.75, 3.05) is 11.9 Å². The first-order valence-corrected chi connectivity index (χ1v) is 8.67. The molecule has 0 aliphatic rings. The normalized spacial score (nSPS) is 12.0. The van der Waals surface area contributed by atoms with Crippen molar-refractivity contribution in [1.29, 1.82) is 0 Å². The summed E-state index contributed by atoms with van der Waals surface area (Å²) in [6.07, 6.45) is 1.25. The minimum absolute atomic E-state index is 0.0458. The second kappa shape index (κ2) is 9.79. The Morgan fingerprint density at radius 2 is 1.73 bits per heavy atom. The van der Waals surface area contributed by atoms with Crippen molar-refractivity contribution >= 4 is 23.7 Å². The second-order valence-corrected chi connectivity index (χ2v) is 7.04. The van der Waals surface area contributed by atoms with Crippen molar-refractivity contribution in [2.24, 2.45) is 0 Å². The number of hydrogen-bond donors (Lipinski definition) is 2. The van der Waals surface area contributed by atoms with Gasteiger partial charge in [-0.2, -0.15) is 0 Å². The van der Waals surface area contributed by atoms with E-state index in [1.165, 1.54) is 12.1 Å². The lowest BCUT2D eigenvalue weighted by Crippen LogP contribution is -2.35. The zero-order valence-corrected chi connectivity index (χ0v) is 16.0. The molecule has 2 N–H and O–H groups in total. The van der Waals surface area contributed by atoms with Gasteiger partial charge in [0, 0.05) is 11.7 Å². The maximum Gasteiger partial charge on any atom is 0.412 e. The molecule has 2 amide bonds. The van der Waals surface area contributed by atoms with Crippen LogP contribution in [-0.2, 0) is 14.3 Å². The number of benzene rings is 1. The summed E-state index contributed by atoms with van der Waals surface area (Å²) in [5.41, 5.74) is 0.180. The molecule has 1 aromatic rings. The number of esters is 1. The Kier molecular flexibility index (Phi) is 8.09. The van der Waals surface area contributed by atoms with E-state index in [4.69, 9.17) is 9.47 Å². The number of nitrogens with one attached hydrogen (secondary N) is 2. The lowest BCUT2D eigenvalue weighted by molar-refractivity contribution is -0.124. The Balaban J connectivity index is 2.48. The molecular weight excluding hydrogens is 336 g/mol. The fourth-order valence-electron chi connectivity index (χ4n) is 2.15. The number of carbonyl (C=O) groups is 3. The number of hydrogen-bond acceptors (Lipinski definition) is 5. The van der Waals surface area contributed by atoms with Crippen LogP contribution in [0.4, 0.5) is 10.5 Å². The van der Waals surface area contributed by atoms with Crippen LogP contribution in [0.2, 0.25) is 0 Å². The second-order valence-electron chi connectivity index (χ2n) is 7.04. The minimum atomic E-state index is -0.605. The van der Waals surface area contributed by atoms with E-state index in [0.29, 0.717) is 5.69 Å². The molecular formula is C19H28N2O5. The van der Waals surface area contributed by atoms with Crippen LogP contribution in [0.1, 0.15) is 57.8 Å². The van der Waals surface area contributed by atoms with E-state index in [1.807, 2.05) is 13.8 Å². The molecule has 0 saturated carbocycles.